The zero-order valence-corrected chi connectivity index (χ0v) is 10.5. The summed E-state index contributed by atoms with van der Waals surface area (Å²) >= 11 is 0. The monoisotopic (exact) mass is 236 g/mol. The maximum Gasteiger partial charge on any atom is 0.234 e. The van der Waals surface area contributed by atoms with Crippen molar-refractivity contribution in [3.63, 3.8) is 0 Å². The van der Waals surface area contributed by atoms with Crippen molar-refractivity contribution in [1.29, 1.82) is 0 Å². The largest absolute Gasteiger partial charge is 0.477 e. The molecule has 2 unspecified atom stereocenters. The second kappa shape index (κ2) is 5.31. The maximum atomic E-state index is 6.03. The van der Waals surface area contributed by atoms with E-state index >= 15 is 0 Å². The average Bonchev–Trinajstić information content (AvgIpc) is 2.28. The van der Waals surface area contributed by atoms with Crippen molar-refractivity contribution in [1.82, 2.24) is 9.97 Å². The van der Waals surface area contributed by atoms with Crippen molar-refractivity contribution < 1.29 is 4.74 Å². The third kappa shape index (κ3) is 3.06. The zero-order valence-electron chi connectivity index (χ0n) is 10.5. The minimum absolute atomic E-state index is 0.219. The summed E-state index contributed by atoms with van der Waals surface area (Å²) in [7, 11) is 0. The highest BCUT2D eigenvalue weighted by molar-refractivity contribution is 5.38. The van der Waals surface area contributed by atoms with Gasteiger partial charge in [-0.25, -0.2) is 0 Å². The lowest BCUT2D eigenvalue weighted by molar-refractivity contribution is 0.324. The molecular weight excluding hydrogens is 216 g/mol. The fourth-order valence-electron chi connectivity index (χ4n) is 2.29. The standard InChI is InChI=1S/C12H20N4O/c1-3-17-12-6-14-5-11(15-12)16-7-9(2)4-10(13)8-16/h5-6,9-10H,3-4,7-8,13H2,1-2H3. The molecule has 0 radical (unpaired) electrons. The third-order valence-corrected chi connectivity index (χ3v) is 2.91. The van der Waals surface area contributed by atoms with Crippen LogP contribution in [0.5, 0.6) is 5.88 Å². The molecule has 1 aromatic heterocycles. The van der Waals surface area contributed by atoms with Gasteiger partial charge in [0.25, 0.3) is 0 Å². The molecule has 5 nitrogen and oxygen atoms in total. The van der Waals surface area contributed by atoms with E-state index in [4.69, 9.17) is 10.5 Å². The highest BCUT2D eigenvalue weighted by Crippen LogP contribution is 2.21. The summed E-state index contributed by atoms with van der Waals surface area (Å²) < 4.78 is 5.36. The molecule has 2 heterocycles. The molecular formula is C12H20N4O. The van der Waals surface area contributed by atoms with Gasteiger partial charge in [0.1, 0.15) is 0 Å². The van der Waals surface area contributed by atoms with Gasteiger partial charge >= 0.3 is 0 Å². The molecule has 0 spiro atoms. The van der Waals surface area contributed by atoms with Gasteiger partial charge in [-0.15, -0.1) is 0 Å². The van der Waals surface area contributed by atoms with E-state index in [0.717, 1.165) is 25.3 Å². The summed E-state index contributed by atoms with van der Waals surface area (Å²) in [5, 5.41) is 0. The Bertz CT molecular complexity index is 361. The van der Waals surface area contributed by atoms with Gasteiger partial charge in [-0.2, -0.15) is 4.98 Å². The summed E-state index contributed by atoms with van der Waals surface area (Å²) in [6, 6.07) is 0.219. The number of rotatable bonds is 3. The summed E-state index contributed by atoms with van der Waals surface area (Å²) in [6.45, 7) is 6.58. The Morgan fingerprint density at radius 2 is 2.29 bits per heavy atom. The second-order valence-corrected chi connectivity index (χ2v) is 4.65. The van der Waals surface area contributed by atoms with Gasteiger partial charge in [-0.3, -0.25) is 4.98 Å². The van der Waals surface area contributed by atoms with Crippen LogP contribution >= 0.6 is 0 Å². The Kier molecular flexibility index (Phi) is 3.78. The van der Waals surface area contributed by atoms with Crippen LogP contribution in [-0.4, -0.2) is 35.7 Å². The van der Waals surface area contributed by atoms with E-state index in [-0.39, 0.29) is 6.04 Å². The Hall–Kier alpha value is -1.36. The first kappa shape index (κ1) is 12.1. The minimum atomic E-state index is 0.219. The van der Waals surface area contributed by atoms with Gasteiger partial charge in [0.2, 0.25) is 5.88 Å². The van der Waals surface area contributed by atoms with E-state index < -0.39 is 0 Å². The van der Waals surface area contributed by atoms with Crippen molar-refractivity contribution in [2.75, 3.05) is 24.6 Å². The van der Waals surface area contributed by atoms with E-state index in [1.165, 1.54) is 0 Å². The quantitative estimate of drug-likeness (QED) is 0.849. The van der Waals surface area contributed by atoms with Gasteiger partial charge in [-0.05, 0) is 19.3 Å². The molecule has 1 aliphatic heterocycles. The third-order valence-electron chi connectivity index (χ3n) is 2.91. The van der Waals surface area contributed by atoms with E-state index in [1.54, 1.807) is 12.4 Å². The molecule has 17 heavy (non-hydrogen) atoms. The molecule has 0 aromatic carbocycles. The number of aromatic nitrogens is 2. The van der Waals surface area contributed by atoms with Gasteiger partial charge in [0.05, 0.1) is 19.0 Å². The van der Waals surface area contributed by atoms with Crippen LogP contribution in [0.4, 0.5) is 5.82 Å². The summed E-state index contributed by atoms with van der Waals surface area (Å²) in [4.78, 5) is 10.8. The highest BCUT2D eigenvalue weighted by atomic mass is 16.5. The van der Waals surface area contributed by atoms with Crippen LogP contribution in [0.3, 0.4) is 0 Å². The number of nitrogens with two attached hydrogens (primary N) is 1. The first-order chi connectivity index (χ1) is 8.19. The van der Waals surface area contributed by atoms with Crippen LogP contribution in [0.15, 0.2) is 12.4 Å². The number of hydrogen-bond donors (Lipinski definition) is 1. The fraction of sp³-hybridized carbons (Fsp3) is 0.667. The molecule has 1 aliphatic rings. The number of nitrogens with zero attached hydrogens (tertiary/aromatic N) is 3. The molecule has 94 valence electrons. The maximum absolute atomic E-state index is 6.03. The Morgan fingerprint density at radius 1 is 1.47 bits per heavy atom. The molecule has 2 rings (SSSR count). The van der Waals surface area contributed by atoms with E-state index in [9.17, 15) is 0 Å². The zero-order chi connectivity index (χ0) is 12.3. The first-order valence-electron chi connectivity index (χ1n) is 6.14. The molecule has 0 bridgehead atoms. The van der Waals surface area contributed by atoms with Crippen LogP contribution in [0.1, 0.15) is 20.3 Å². The molecule has 2 N–H and O–H groups in total. The van der Waals surface area contributed by atoms with Crippen LogP contribution in [0, 0.1) is 5.92 Å². The lowest BCUT2D eigenvalue weighted by Crippen LogP contribution is -2.46. The van der Waals surface area contributed by atoms with E-state index in [0.29, 0.717) is 18.4 Å². The predicted octanol–water partition coefficient (Wildman–Crippen LogP) is 1.05. The summed E-state index contributed by atoms with van der Waals surface area (Å²) in [5.41, 5.74) is 6.03. The number of anilines is 1. The van der Waals surface area contributed by atoms with E-state index in [1.807, 2.05) is 6.92 Å². The fourth-order valence-corrected chi connectivity index (χ4v) is 2.29. The average molecular weight is 236 g/mol. The number of hydrogen-bond acceptors (Lipinski definition) is 5. The highest BCUT2D eigenvalue weighted by Gasteiger charge is 2.23. The van der Waals surface area contributed by atoms with Crippen molar-refractivity contribution in [3.05, 3.63) is 12.4 Å². The molecule has 0 saturated carbocycles. The lowest BCUT2D eigenvalue weighted by Gasteiger charge is -2.35. The minimum Gasteiger partial charge on any atom is -0.477 e. The molecule has 0 aliphatic carbocycles. The molecule has 1 fully saturated rings. The molecule has 1 aromatic rings. The van der Waals surface area contributed by atoms with Crippen molar-refractivity contribution in [2.24, 2.45) is 11.7 Å². The topological polar surface area (TPSA) is 64.3 Å². The van der Waals surface area contributed by atoms with Crippen LogP contribution in [0.2, 0.25) is 0 Å². The first-order valence-corrected chi connectivity index (χ1v) is 6.14. The van der Waals surface area contributed by atoms with E-state index in [2.05, 4.69) is 21.8 Å². The van der Waals surface area contributed by atoms with Crippen LogP contribution in [0.25, 0.3) is 0 Å². The molecule has 0 amide bonds. The van der Waals surface area contributed by atoms with Gasteiger partial charge in [-0.1, -0.05) is 6.92 Å². The Labute approximate surface area is 102 Å². The summed E-state index contributed by atoms with van der Waals surface area (Å²) in [5.74, 6) is 2.03. The van der Waals surface area contributed by atoms with Gasteiger partial charge < -0.3 is 15.4 Å². The predicted molar refractivity (Wildman–Crippen MR) is 67.2 cm³/mol. The lowest BCUT2D eigenvalue weighted by atomic mass is 9.97. The normalized spacial score (nSPS) is 24.8. The Morgan fingerprint density at radius 3 is 3.00 bits per heavy atom. The number of ether oxygens (including phenoxy) is 1. The SMILES string of the molecule is CCOc1cncc(N2CC(C)CC(N)C2)n1. The Balaban J connectivity index is 2.12. The summed E-state index contributed by atoms with van der Waals surface area (Å²) in [6.07, 6.45) is 4.49. The van der Waals surface area contributed by atoms with Crippen LogP contribution in [-0.2, 0) is 0 Å². The van der Waals surface area contributed by atoms with Gasteiger partial charge in [0.15, 0.2) is 5.82 Å². The molecule has 5 heteroatoms. The molecule has 2 atom stereocenters. The van der Waals surface area contributed by atoms with Gasteiger partial charge in [0, 0.05) is 19.1 Å². The van der Waals surface area contributed by atoms with Crippen molar-refractivity contribution in [3.8, 4) is 5.88 Å². The van der Waals surface area contributed by atoms with Crippen molar-refractivity contribution in [2.45, 2.75) is 26.3 Å². The van der Waals surface area contributed by atoms with Crippen LogP contribution < -0.4 is 15.4 Å². The number of piperidine rings is 1. The molecule has 1 saturated heterocycles. The van der Waals surface area contributed by atoms with Crippen molar-refractivity contribution >= 4 is 5.82 Å². The smallest absolute Gasteiger partial charge is 0.234 e. The second-order valence-electron chi connectivity index (χ2n) is 4.65.